The van der Waals surface area contributed by atoms with E-state index in [2.05, 4.69) is 5.32 Å². The number of anilines is 1. The van der Waals surface area contributed by atoms with Gasteiger partial charge in [0.25, 0.3) is 0 Å². The molecule has 128 valence electrons. The van der Waals surface area contributed by atoms with Crippen molar-refractivity contribution in [3.05, 3.63) is 45.6 Å². The molecule has 0 bridgehead atoms. The van der Waals surface area contributed by atoms with E-state index in [1.807, 2.05) is 6.92 Å². The van der Waals surface area contributed by atoms with Crippen molar-refractivity contribution in [1.82, 2.24) is 0 Å². The highest BCUT2D eigenvalue weighted by Gasteiger charge is 2.21. The van der Waals surface area contributed by atoms with Gasteiger partial charge in [-0.25, -0.2) is 9.18 Å². The van der Waals surface area contributed by atoms with Crippen molar-refractivity contribution in [3.63, 3.8) is 0 Å². The van der Waals surface area contributed by atoms with Crippen LogP contribution in [0.2, 0.25) is 0 Å². The lowest BCUT2D eigenvalue weighted by Crippen LogP contribution is -2.12. The van der Waals surface area contributed by atoms with Gasteiger partial charge in [0, 0.05) is 11.8 Å². The zero-order valence-electron chi connectivity index (χ0n) is 13.9. The Morgan fingerprint density at radius 1 is 1.29 bits per heavy atom. The molecule has 2 aromatic rings. The van der Waals surface area contributed by atoms with E-state index in [-0.39, 0.29) is 18.3 Å². The molecule has 1 amide bonds. The van der Waals surface area contributed by atoms with Crippen LogP contribution in [-0.4, -0.2) is 19.0 Å². The monoisotopic (exact) mass is 351 g/mol. The third-order valence-electron chi connectivity index (χ3n) is 3.47. The van der Waals surface area contributed by atoms with Crippen molar-refractivity contribution < 1.29 is 23.5 Å². The minimum Gasteiger partial charge on any atom is -0.494 e. The van der Waals surface area contributed by atoms with Crippen LogP contribution in [0.5, 0.6) is 5.75 Å². The van der Waals surface area contributed by atoms with Crippen molar-refractivity contribution in [2.24, 2.45) is 0 Å². The number of nitrogens with one attached hydrogen (secondary N) is 1. The van der Waals surface area contributed by atoms with E-state index in [1.54, 1.807) is 13.0 Å². The molecule has 5 nitrogen and oxygen atoms in total. The van der Waals surface area contributed by atoms with Gasteiger partial charge in [0.15, 0.2) is 11.6 Å². The topological polar surface area (TPSA) is 64.6 Å². The molecule has 0 aliphatic carbocycles. The maximum atomic E-state index is 13.7. The molecule has 0 unspecified atom stereocenters. The van der Waals surface area contributed by atoms with Crippen molar-refractivity contribution in [1.29, 1.82) is 0 Å². The van der Waals surface area contributed by atoms with Crippen LogP contribution < -0.4 is 10.1 Å². The van der Waals surface area contributed by atoms with Crippen molar-refractivity contribution in [3.8, 4) is 5.75 Å². The smallest absolute Gasteiger partial charge is 0.341 e. The third-order valence-corrected chi connectivity index (χ3v) is 4.59. The number of ether oxygens (including phenoxy) is 2. The molecule has 1 N–H and O–H groups in total. The van der Waals surface area contributed by atoms with Crippen molar-refractivity contribution >= 4 is 28.2 Å². The molecule has 7 heteroatoms. The van der Waals surface area contributed by atoms with Gasteiger partial charge in [-0.3, -0.25) is 4.79 Å². The molecule has 0 aliphatic heterocycles. The minimum absolute atomic E-state index is 0.0758. The van der Waals surface area contributed by atoms with Crippen molar-refractivity contribution in [2.45, 2.75) is 27.4 Å². The number of carbonyl (C=O) groups excluding carboxylic acids is 2. The second-order valence-electron chi connectivity index (χ2n) is 5.21. The van der Waals surface area contributed by atoms with E-state index < -0.39 is 11.8 Å². The normalized spacial score (nSPS) is 10.4. The van der Waals surface area contributed by atoms with Gasteiger partial charge >= 0.3 is 5.97 Å². The van der Waals surface area contributed by atoms with Gasteiger partial charge in [-0.15, -0.1) is 11.3 Å². The van der Waals surface area contributed by atoms with Gasteiger partial charge < -0.3 is 14.8 Å². The fourth-order valence-electron chi connectivity index (χ4n) is 2.14. The summed E-state index contributed by atoms with van der Waals surface area (Å²) in [4.78, 5) is 24.6. The van der Waals surface area contributed by atoms with E-state index in [9.17, 15) is 14.0 Å². The number of amides is 1. The lowest BCUT2D eigenvalue weighted by atomic mass is 10.1. The molecular formula is C17H18FNO4S. The molecule has 0 fully saturated rings. The second-order valence-corrected chi connectivity index (χ2v) is 6.44. The number of rotatable bonds is 5. The van der Waals surface area contributed by atoms with E-state index in [4.69, 9.17) is 9.47 Å². The van der Waals surface area contributed by atoms with E-state index >= 15 is 0 Å². The molecule has 0 saturated heterocycles. The number of carbonyl (C=O) groups is 2. The second kappa shape index (κ2) is 7.44. The van der Waals surface area contributed by atoms with Crippen LogP contribution in [0.15, 0.2) is 18.2 Å². The quantitative estimate of drug-likeness (QED) is 0.832. The van der Waals surface area contributed by atoms with Gasteiger partial charge in [-0.2, -0.15) is 0 Å². The number of thiophene rings is 1. The van der Waals surface area contributed by atoms with Crippen LogP contribution in [0.1, 0.15) is 33.3 Å². The molecule has 0 atom stereocenters. The maximum absolute atomic E-state index is 13.7. The first-order valence-corrected chi connectivity index (χ1v) is 8.02. The highest BCUT2D eigenvalue weighted by Crippen LogP contribution is 2.33. The Bertz CT molecular complexity index is 785. The molecule has 0 aliphatic rings. The number of methoxy groups -OCH3 is 1. The fourth-order valence-corrected chi connectivity index (χ4v) is 3.24. The minimum atomic E-state index is -0.558. The van der Waals surface area contributed by atoms with E-state index in [1.165, 1.54) is 37.5 Å². The standard InChI is InChI=1S/C17H18FNO4S/c1-9-10(2)24-16(19-11(3)20)15(9)17(21)23-8-12-5-6-14(22-4)13(18)7-12/h5-7H,8H2,1-4H3,(H,19,20). The Hall–Kier alpha value is -2.41. The average Bonchev–Trinajstić information content (AvgIpc) is 2.78. The van der Waals surface area contributed by atoms with Crippen LogP contribution in [0.25, 0.3) is 0 Å². The van der Waals surface area contributed by atoms with Crippen molar-refractivity contribution in [2.75, 3.05) is 12.4 Å². The summed E-state index contributed by atoms with van der Waals surface area (Å²) < 4.78 is 23.8. The molecule has 1 heterocycles. The van der Waals surface area contributed by atoms with Gasteiger partial charge in [0.05, 0.1) is 12.7 Å². The van der Waals surface area contributed by atoms with Crippen LogP contribution in [-0.2, 0) is 16.1 Å². The summed E-state index contributed by atoms with van der Waals surface area (Å²) in [6, 6.07) is 4.35. The van der Waals surface area contributed by atoms with Crippen LogP contribution >= 0.6 is 11.3 Å². The van der Waals surface area contributed by atoms with Gasteiger partial charge in [-0.1, -0.05) is 6.07 Å². The number of esters is 1. The molecule has 1 aromatic heterocycles. The molecule has 0 saturated carbocycles. The summed E-state index contributed by atoms with van der Waals surface area (Å²) in [6.45, 7) is 4.95. The first-order valence-electron chi connectivity index (χ1n) is 7.20. The van der Waals surface area contributed by atoms with E-state index in [0.29, 0.717) is 16.1 Å². The Morgan fingerprint density at radius 3 is 2.58 bits per heavy atom. The fraction of sp³-hybridized carbons (Fsp3) is 0.294. The molecule has 1 aromatic carbocycles. The summed E-state index contributed by atoms with van der Waals surface area (Å²) in [5, 5.41) is 3.10. The zero-order valence-corrected chi connectivity index (χ0v) is 14.7. The summed E-state index contributed by atoms with van der Waals surface area (Å²) in [6.07, 6.45) is 0. The largest absolute Gasteiger partial charge is 0.494 e. The summed E-state index contributed by atoms with van der Waals surface area (Å²) in [5.74, 6) is -1.21. The highest BCUT2D eigenvalue weighted by molar-refractivity contribution is 7.16. The van der Waals surface area contributed by atoms with Crippen LogP contribution in [0.3, 0.4) is 0 Å². The first-order chi connectivity index (χ1) is 11.3. The number of hydrogen-bond acceptors (Lipinski definition) is 5. The average molecular weight is 351 g/mol. The van der Waals surface area contributed by atoms with Crippen LogP contribution in [0, 0.1) is 19.7 Å². The van der Waals surface area contributed by atoms with Crippen LogP contribution in [0.4, 0.5) is 9.39 Å². The third kappa shape index (κ3) is 3.91. The molecule has 0 spiro atoms. The lowest BCUT2D eigenvalue weighted by Gasteiger charge is -2.08. The first kappa shape index (κ1) is 17.9. The van der Waals surface area contributed by atoms with E-state index in [0.717, 1.165) is 10.4 Å². The Labute approximate surface area is 143 Å². The Morgan fingerprint density at radius 2 is 2.00 bits per heavy atom. The molecule has 0 radical (unpaired) electrons. The maximum Gasteiger partial charge on any atom is 0.341 e. The number of hydrogen-bond donors (Lipinski definition) is 1. The summed E-state index contributed by atoms with van der Waals surface area (Å²) in [7, 11) is 1.38. The summed E-state index contributed by atoms with van der Waals surface area (Å²) in [5.41, 5.74) is 1.60. The molecule has 2 rings (SSSR count). The molecular weight excluding hydrogens is 333 g/mol. The predicted octanol–water partition coefficient (Wildman–Crippen LogP) is 3.83. The SMILES string of the molecule is COc1ccc(COC(=O)c2c(NC(C)=O)sc(C)c2C)cc1F. The zero-order chi connectivity index (χ0) is 17.9. The highest BCUT2D eigenvalue weighted by atomic mass is 32.1. The molecule has 24 heavy (non-hydrogen) atoms. The number of halogens is 1. The number of aryl methyl sites for hydroxylation is 1. The van der Waals surface area contributed by atoms with Gasteiger partial charge in [0.1, 0.15) is 11.6 Å². The summed E-state index contributed by atoms with van der Waals surface area (Å²) >= 11 is 1.32. The lowest BCUT2D eigenvalue weighted by molar-refractivity contribution is -0.114. The Kier molecular flexibility index (Phi) is 5.56. The number of benzene rings is 1. The predicted molar refractivity (Wildman–Crippen MR) is 90.2 cm³/mol. The Balaban J connectivity index is 2.15. The van der Waals surface area contributed by atoms with Gasteiger partial charge in [0.2, 0.25) is 5.91 Å². The van der Waals surface area contributed by atoms with Gasteiger partial charge in [-0.05, 0) is 37.1 Å².